The quantitative estimate of drug-likeness (QED) is 0.117. The summed E-state index contributed by atoms with van der Waals surface area (Å²) in [5, 5.41) is 10.2. The Morgan fingerprint density at radius 1 is 0.375 bits per heavy atom. The average molecular weight is 826 g/mol. The lowest BCUT2D eigenvalue weighted by Gasteiger charge is -2.33. The molecule has 10 aromatic rings. The maximum absolute atomic E-state index is 2.60. The van der Waals surface area contributed by atoms with Gasteiger partial charge >= 0.3 is 0 Å². The number of fused-ring (bicyclic) bond motifs is 7. The fourth-order valence-electron chi connectivity index (χ4n) is 11.4. The van der Waals surface area contributed by atoms with Gasteiger partial charge in [-0.2, -0.15) is 0 Å². The topological polar surface area (TPSA) is 3.24 Å². The van der Waals surface area contributed by atoms with Gasteiger partial charge in [0.1, 0.15) is 0 Å². The van der Waals surface area contributed by atoms with Gasteiger partial charge < -0.3 is 4.90 Å². The lowest BCUT2D eigenvalue weighted by molar-refractivity contribution is 0.414. The molecule has 1 nitrogen and oxygen atoms in total. The Morgan fingerprint density at radius 2 is 0.797 bits per heavy atom. The van der Waals surface area contributed by atoms with Crippen molar-refractivity contribution in [1.82, 2.24) is 0 Å². The summed E-state index contributed by atoms with van der Waals surface area (Å²) >= 11 is 0. The first-order valence-electron chi connectivity index (χ1n) is 23.6. The van der Waals surface area contributed by atoms with Crippen LogP contribution in [0.1, 0.15) is 74.6 Å². The smallest absolute Gasteiger partial charge is 0.0540 e. The molecule has 1 aliphatic carbocycles. The molecule has 11 rings (SSSR count). The van der Waals surface area contributed by atoms with Crippen molar-refractivity contribution in [3.05, 3.63) is 210 Å². The minimum atomic E-state index is 0.0326. The molecule has 0 bridgehead atoms. The van der Waals surface area contributed by atoms with Crippen LogP contribution < -0.4 is 4.90 Å². The Morgan fingerprint density at radius 3 is 1.31 bits per heavy atom. The predicted molar refractivity (Wildman–Crippen MR) is 277 cm³/mol. The molecular weight excluding hydrogens is 771 g/mol. The van der Waals surface area contributed by atoms with E-state index in [1.165, 1.54) is 149 Å². The van der Waals surface area contributed by atoms with Crippen LogP contribution in [0.25, 0.3) is 76.5 Å². The molecule has 0 N–H and O–H groups in total. The van der Waals surface area contributed by atoms with Gasteiger partial charge in [0.2, 0.25) is 0 Å². The maximum Gasteiger partial charge on any atom is 0.0540 e. The van der Waals surface area contributed by atoms with Gasteiger partial charge in [-0.05, 0) is 145 Å². The summed E-state index contributed by atoms with van der Waals surface area (Å²) < 4.78 is 0. The van der Waals surface area contributed by atoms with Gasteiger partial charge in [-0.1, -0.05) is 197 Å². The van der Waals surface area contributed by atoms with Crippen LogP contribution in [0.2, 0.25) is 0 Å². The molecule has 0 aliphatic heterocycles. The summed E-state index contributed by atoms with van der Waals surface area (Å²) in [6.07, 6.45) is 7.22. The highest BCUT2D eigenvalue weighted by molar-refractivity contribution is 6.21. The van der Waals surface area contributed by atoms with Gasteiger partial charge in [-0.25, -0.2) is 0 Å². The zero-order valence-electron chi connectivity index (χ0n) is 37.6. The fourth-order valence-corrected chi connectivity index (χ4v) is 11.4. The largest absolute Gasteiger partial charge is 0.309 e. The number of hydrogen-bond donors (Lipinski definition) is 0. The zero-order chi connectivity index (χ0) is 43.4. The second-order valence-electron chi connectivity index (χ2n) is 18.2. The van der Waals surface area contributed by atoms with E-state index in [-0.39, 0.29) is 5.41 Å². The molecule has 312 valence electrons. The van der Waals surface area contributed by atoms with E-state index in [2.05, 4.69) is 221 Å². The van der Waals surface area contributed by atoms with Crippen LogP contribution in [0, 0.1) is 13.8 Å². The van der Waals surface area contributed by atoms with Gasteiger partial charge in [0.05, 0.1) is 11.4 Å². The first-order valence-corrected chi connectivity index (χ1v) is 23.6. The Bertz CT molecular complexity index is 3240. The monoisotopic (exact) mass is 825 g/mol. The number of hydrogen-bond acceptors (Lipinski definition) is 1. The summed E-state index contributed by atoms with van der Waals surface area (Å²) in [5.74, 6) is 0. The molecule has 0 amide bonds. The molecule has 10 aromatic carbocycles. The van der Waals surface area contributed by atoms with E-state index in [0.29, 0.717) is 0 Å². The SMILES string of the molecule is CCCCC1(CCCC)c2ccccc2-c2ccc(-c3c4ccccc4c(-c4ccc(N(c5ccc(C)c6ccccc56)c5ccc(C)c6ccccc56)cc4)c4ccccc34)cc21. The van der Waals surface area contributed by atoms with Gasteiger partial charge in [0, 0.05) is 21.9 Å². The summed E-state index contributed by atoms with van der Waals surface area (Å²) in [7, 11) is 0. The van der Waals surface area contributed by atoms with Gasteiger partial charge in [-0.15, -0.1) is 0 Å². The molecule has 0 radical (unpaired) electrons. The van der Waals surface area contributed by atoms with Crippen molar-refractivity contribution < 1.29 is 0 Å². The molecule has 0 atom stereocenters. The Labute approximate surface area is 378 Å². The summed E-state index contributed by atoms with van der Waals surface area (Å²) in [6.45, 7) is 9.11. The highest BCUT2D eigenvalue weighted by Gasteiger charge is 2.42. The lowest BCUT2D eigenvalue weighted by atomic mass is 9.70. The van der Waals surface area contributed by atoms with Crippen LogP contribution in [0.5, 0.6) is 0 Å². The molecule has 1 aliphatic rings. The van der Waals surface area contributed by atoms with Crippen LogP contribution in [0.3, 0.4) is 0 Å². The van der Waals surface area contributed by atoms with Crippen LogP contribution in [0.15, 0.2) is 188 Å². The molecule has 0 aromatic heterocycles. The minimum absolute atomic E-state index is 0.0326. The predicted octanol–water partition coefficient (Wildman–Crippen LogP) is 18.4. The zero-order valence-corrected chi connectivity index (χ0v) is 37.6. The number of aryl methyl sites for hydroxylation is 2. The second kappa shape index (κ2) is 16.3. The third-order valence-corrected chi connectivity index (χ3v) is 14.5. The van der Waals surface area contributed by atoms with Crippen molar-refractivity contribution in [3.8, 4) is 33.4 Å². The lowest BCUT2D eigenvalue weighted by Crippen LogP contribution is -2.25. The van der Waals surface area contributed by atoms with E-state index in [0.717, 1.165) is 5.69 Å². The number of anilines is 3. The number of rotatable bonds is 11. The van der Waals surface area contributed by atoms with Crippen molar-refractivity contribution in [2.75, 3.05) is 4.90 Å². The molecule has 1 heteroatoms. The van der Waals surface area contributed by atoms with Crippen molar-refractivity contribution in [2.24, 2.45) is 0 Å². The van der Waals surface area contributed by atoms with E-state index in [9.17, 15) is 0 Å². The van der Waals surface area contributed by atoms with E-state index in [1.54, 1.807) is 0 Å². The minimum Gasteiger partial charge on any atom is -0.309 e. The Kier molecular flexibility index (Phi) is 10.2. The molecule has 0 spiro atoms. The van der Waals surface area contributed by atoms with E-state index in [4.69, 9.17) is 0 Å². The van der Waals surface area contributed by atoms with Crippen molar-refractivity contribution in [3.63, 3.8) is 0 Å². The van der Waals surface area contributed by atoms with Crippen LogP contribution in [-0.4, -0.2) is 0 Å². The average Bonchev–Trinajstić information content (AvgIpc) is 3.62. The molecule has 0 saturated heterocycles. The number of unbranched alkanes of at least 4 members (excludes halogenated alkanes) is 2. The van der Waals surface area contributed by atoms with Crippen LogP contribution in [-0.2, 0) is 5.41 Å². The van der Waals surface area contributed by atoms with Crippen molar-refractivity contribution in [2.45, 2.75) is 71.6 Å². The van der Waals surface area contributed by atoms with Crippen LogP contribution >= 0.6 is 0 Å². The second-order valence-corrected chi connectivity index (χ2v) is 18.2. The highest BCUT2D eigenvalue weighted by Crippen LogP contribution is 2.56. The third kappa shape index (κ3) is 6.35. The fraction of sp³-hybridized carbons (Fsp3) is 0.175. The summed E-state index contributed by atoms with van der Waals surface area (Å²) in [6, 6.07) is 71.2. The molecule has 0 fully saturated rings. The van der Waals surface area contributed by atoms with Crippen LogP contribution in [0.4, 0.5) is 17.1 Å². The summed E-state index contributed by atoms with van der Waals surface area (Å²) in [4.78, 5) is 2.47. The van der Waals surface area contributed by atoms with E-state index < -0.39 is 0 Å². The molecule has 0 saturated carbocycles. The van der Waals surface area contributed by atoms with Gasteiger partial charge in [0.25, 0.3) is 0 Å². The van der Waals surface area contributed by atoms with Gasteiger partial charge in [0.15, 0.2) is 0 Å². The maximum atomic E-state index is 2.60. The standard InChI is InChI=1S/C63H55N/c1-5-7-39-63(40-8-6-2)57-28-18-17-21-49(57)50-36-33-45(41-58(50)63)62-55-26-15-13-24-53(55)61(54-25-14-16-27-56(54)62)44-31-34-46(35-32-44)64(59-37-29-42(3)47-19-9-11-22-51(47)59)60-38-30-43(4)48-20-10-12-23-52(48)60/h9-38,41H,5-8,39-40H2,1-4H3. The molecule has 0 unspecified atom stereocenters. The van der Waals surface area contributed by atoms with Crippen molar-refractivity contribution in [1.29, 1.82) is 0 Å². The third-order valence-electron chi connectivity index (χ3n) is 14.5. The Hall–Kier alpha value is -6.96. The van der Waals surface area contributed by atoms with E-state index in [1.807, 2.05) is 0 Å². The van der Waals surface area contributed by atoms with Crippen molar-refractivity contribution >= 4 is 60.2 Å². The van der Waals surface area contributed by atoms with Gasteiger partial charge in [-0.3, -0.25) is 0 Å². The number of benzene rings is 10. The first-order chi connectivity index (χ1) is 31.5. The first kappa shape index (κ1) is 39.9. The number of nitrogens with zero attached hydrogens (tertiary/aromatic N) is 1. The molecule has 0 heterocycles. The van der Waals surface area contributed by atoms with E-state index >= 15 is 0 Å². The normalized spacial score (nSPS) is 12.9. The summed E-state index contributed by atoms with van der Waals surface area (Å²) in [5.41, 5.74) is 17.1. The molecule has 64 heavy (non-hydrogen) atoms. The molecular formula is C63H55N. The highest BCUT2D eigenvalue weighted by atomic mass is 15.1. The Balaban J connectivity index is 1.09.